The van der Waals surface area contributed by atoms with Crippen LogP contribution in [0, 0.1) is 0 Å². The molecule has 2 rings (SSSR count). The minimum absolute atomic E-state index is 0.0107. The lowest BCUT2D eigenvalue weighted by atomic mass is 10.0. The van der Waals surface area contributed by atoms with Gasteiger partial charge in [-0.15, -0.1) is 0 Å². The molecule has 0 fully saturated rings. The Labute approximate surface area is 130 Å². The zero-order valence-electron chi connectivity index (χ0n) is 12.4. The van der Waals surface area contributed by atoms with Gasteiger partial charge in [-0.1, -0.05) is 36.4 Å². The second kappa shape index (κ2) is 8.10. The number of benzene rings is 2. The predicted molar refractivity (Wildman–Crippen MR) is 88.8 cm³/mol. The fourth-order valence-electron chi connectivity index (χ4n) is 2.15. The molecule has 1 amide bonds. The smallest absolute Gasteiger partial charge is 0.224 e. The maximum atomic E-state index is 11.7. The monoisotopic (exact) mass is 296 g/mol. The lowest BCUT2D eigenvalue weighted by Gasteiger charge is -2.07. The zero-order chi connectivity index (χ0) is 15.8. The number of unbranched alkanes of at least 4 members (excludes halogenated alkanes) is 1. The molecule has 114 valence electrons. The molecule has 3 N–H and O–H groups in total. The number of hydrogen-bond donors (Lipinski definition) is 2. The molecule has 4 nitrogen and oxygen atoms in total. The van der Waals surface area contributed by atoms with E-state index in [0.717, 1.165) is 35.9 Å². The maximum absolute atomic E-state index is 11.7. The van der Waals surface area contributed by atoms with Crippen molar-refractivity contribution < 1.29 is 9.59 Å². The Kier molecular flexibility index (Phi) is 5.86. The van der Waals surface area contributed by atoms with E-state index in [1.165, 1.54) is 0 Å². The number of carbonyl (C=O) groups is 2. The number of carbonyl (C=O) groups excluding carboxylic acids is 2. The Hall–Kier alpha value is -2.46. The van der Waals surface area contributed by atoms with Gasteiger partial charge < -0.3 is 11.1 Å². The summed E-state index contributed by atoms with van der Waals surface area (Å²) in [6, 6.07) is 15.0. The molecule has 4 heteroatoms. The molecular weight excluding hydrogens is 276 g/mol. The Morgan fingerprint density at radius 1 is 0.955 bits per heavy atom. The standard InChI is InChI=1S/C18H20N2O2/c19-12-2-1-3-18(22)20-17-10-8-16(9-11-17)15-6-4-14(13-21)5-7-15/h4-11,13H,1-3,12,19H2,(H,20,22). The van der Waals surface area contributed by atoms with E-state index in [4.69, 9.17) is 5.73 Å². The minimum Gasteiger partial charge on any atom is -0.330 e. The molecule has 0 heterocycles. The van der Waals surface area contributed by atoms with Crippen molar-refractivity contribution in [2.24, 2.45) is 5.73 Å². The van der Waals surface area contributed by atoms with Gasteiger partial charge in [0, 0.05) is 17.7 Å². The number of nitrogens with two attached hydrogens (primary N) is 1. The van der Waals surface area contributed by atoms with Crippen LogP contribution in [0.1, 0.15) is 29.6 Å². The summed E-state index contributed by atoms with van der Waals surface area (Å²) in [5, 5.41) is 2.87. The third-order valence-electron chi connectivity index (χ3n) is 3.41. The average Bonchev–Trinajstić information content (AvgIpc) is 2.56. The van der Waals surface area contributed by atoms with E-state index in [-0.39, 0.29) is 5.91 Å². The Balaban J connectivity index is 1.97. The number of amides is 1. The van der Waals surface area contributed by atoms with E-state index in [9.17, 15) is 9.59 Å². The summed E-state index contributed by atoms with van der Waals surface area (Å²) >= 11 is 0. The Bertz CT molecular complexity index is 619. The minimum atomic E-state index is 0.0107. The number of aldehydes is 1. The van der Waals surface area contributed by atoms with Gasteiger partial charge in [0.05, 0.1) is 0 Å². The first-order valence-corrected chi connectivity index (χ1v) is 7.38. The lowest BCUT2D eigenvalue weighted by Crippen LogP contribution is -2.11. The number of nitrogens with one attached hydrogen (secondary N) is 1. The van der Waals surface area contributed by atoms with Crippen molar-refractivity contribution in [2.45, 2.75) is 19.3 Å². The summed E-state index contributed by atoms with van der Waals surface area (Å²) in [7, 11) is 0. The van der Waals surface area contributed by atoms with Crippen LogP contribution in [0.5, 0.6) is 0 Å². The highest BCUT2D eigenvalue weighted by Gasteiger charge is 2.03. The van der Waals surface area contributed by atoms with Crippen LogP contribution >= 0.6 is 0 Å². The van der Waals surface area contributed by atoms with E-state index in [2.05, 4.69) is 5.32 Å². The fraction of sp³-hybridized carbons (Fsp3) is 0.222. The van der Waals surface area contributed by atoms with Gasteiger partial charge in [0.1, 0.15) is 6.29 Å². The average molecular weight is 296 g/mol. The molecule has 0 spiro atoms. The molecule has 2 aromatic carbocycles. The van der Waals surface area contributed by atoms with Crippen LogP contribution in [-0.4, -0.2) is 18.7 Å². The maximum Gasteiger partial charge on any atom is 0.224 e. The SMILES string of the molecule is NCCCCC(=O)Nc1ccc(-c2ccc(C=O)cc2)cc1. The van der Waals surface area contributed by atoms with Crippen molar-refractivity contribution in [3.05, 3.63) is 54.1 Å². The van der Waals surface area contributed by atoms with Crippen LogP contribution in [0.2, 0.25) is 0 Å². The fourth-order valence-corrected chi connectivity index (χ4v) is 2.15. The van der Waals surface area contributed by atoms with Gasteiger partial charge in [-0.05, 0) is 42.6 Å². The van der Waals surface area contributed by atoms with E-state index in [1.807, 2.05) is 36.4 Å². The zero-order valence-corrected chi connectivity index (χ0v) is 12.4. The van der Waals surface area contributed by atoms with Gasteiger partial charge in [-0.25, -0.2) is 0 Å². The van der Waals surface area contributed by atoms with Gasteiger partial charge in [0.25, 0.3) is 0 Å². The first-order valence-electron chi connectivity index (χ1n) is 7.38. The normalized spacial score (nSPS) is 10.2. The highest BCUT2D eigenvalue weighted by molar-refractivity contribution is 5.91. The first kappa shape index (κ1) is 15.9. The summed E-state index contributed by atoms with van der Waals surface area (Å²) in [5.41, 5.74) is 8.92. The molecule has 0 atom stereocenters. The third-order valence-corrected chi connectivity index (χ3v) is 3.41. The molecule has 0 saturated carbocycles. The molecule has 0 unspecified atom stereocenters. The van der Waals surface area contributed by atoms with Crippen molar-refractivity contribution in [3.8, 4) is 11.1 Å². The summed E-state index contributed by atoms with van der Waals surface area (Å²) in [6.45, 7) is 0.616. The van der Waals surface area contributed by atoms with Crippen LogP contribution in [0.25, 0.3) is 11.1 Å². The summed E-state index contributed by atoms with van der Waals surface area (Å²) in [5.74, 6) is 0.0107. The van der Waals surface area contributed by atoms with Crippen LogP contribution in [-0.2, 0) is 4.79 Å². The Morgan fingerprint density at radius 3 is 2.09 bits per heavy atom. The highest BCUT2D eigenvalue weighted by atomic mass is 16.1. The van der Waals surface area contributed by atoms with E-state index < -0.39 is 0 Å². The lowest BCUT2D eigenvalue weighted by molar-refractivity contribution is -0.116. The molecule has 22 heavy (non-hydrogen) atoms. The second-order valence-electron chi connectivity index (χ2n) is 5.11. The molecule has 0 bridgehead atoms. The first-order chi connectivity index (χ1) is 10.7. The number of anilines is 1. The van der Waals surface area contributed by atoms with Gasteiger partial charge >= 0.3 is 0 Å². The largest absolute Gasteiger partial charge is 0.330 e. The van der Waals surface area contributed by atoms with Gasteiger partial charge in [0.15, 0.2) is 0 Å². The van der Waals surface area contributed by atoms with Crippen molar-refractivity contribution in [1.82, 2.24) is 0 Å². The topological polar surface area (TPSA) is 72.2 Å². The second-order valence-corrected chi connectivity index (χ2v) is 5.11. The summed E-state index contributed by atoms with van der Waals surface area (Å²) in [4.78, 5) is 22.4. The summed E-state index contributed by atoms with van der Waals surface area (Å²) < 4.78 is 0. The van der Waals surface area contributed by atoms with Crippen LogP contribution in [0.4, 0.5) is 5.69 Å². The molecule has 2 aromatic rings. The van der Waals surface area contributed by atoms with Gasteiger partial charge in [-0.3, -0.25) is 9.59 Å². The molecule has 0 aliphatic heterocycles. The molecule has 0 aliphatic rings. The summed E-state index contributed by atoms with van der Waals surface area (Å²) in [6.07, 6.45) is 2.99. The molecule has 0 aliphatic carbocycles. The molecule has 0 aromatic heterocycles. The van der Waals surface area contributed by atoms with Crippen molar-refractivity contribution in [2.75, 3.05) is 11.9 Å². The Morgan fingerprint density at radius 2 is 1.55 bits per heavy atom. The van der Waals surface area contributed by atoms with Crippen LogP contribution in [0.3, 0.4) is 0 Å². The third kappa shape index (κ3) is 4.53. The number of hydrogen-bond acceptors (Lipinski definition) is 3. The van der Waals surface area contributed by atoms with E-state index >= 15 is 0 Å². The van der Waals surface area contributed by atoms with Gasteiger partial charge in [0.2, 0.25) is 5.91 Å². The van der Waals surface area contributed by atoms with Gasteiger partial charge in [-0.2, -0.15) is 0 Å². The molecule has 0 saturated heterocycles. The number of rotatable bonds is 7. The van der Waals surface area contributed by atoms with E-state index in [0.29, 0.717) is 18.5 Å². The molecular formula is C18H20N2O2. The predicted octanol–water partition coefficient (Wildman–Crippen LogP) is 3.23. The highest BCUT2D eigenvalue weighted by Crippen LogP contribution is 2.21. The van der Waals surface area contributed by atoms with Crippen molar-refractivity contribution >= 4 is 17.9 Å². The molecule has 0 radical (unpaired) electrons. The quantitative estimate of drug-likeness (QED) is 0.608. The van der Waals surface area contributed by atoms with Crippen molar-refractivity contribution in [1.29, 1.82) is 0 Å². The van der Waals surface area contributed by atoms with Crippen LogP contribution in [0.15, 0.2) is 48.5 Å². The van der Waals surface area contributed by atoms with E-state index in [1.54, 1.807) is 12.1 Å². The van der Waals surface area contributed by atoms with Crippen molar-refractivity contribution in [3.63, 3.8) is 0 Å². The van der Waals surface area contributed by atoms with Crippen LogP contribution < -0.4 is 11.1 Å².